The Morgan fingerprint density at radius 1 is 0.945 bits per heavy atom. The van der Waals surface area contributed by atoms with E-state index in [0.29, 0.717) is 41.2 Å². The number of aromatic nitrogens is 6. The number of nitrogens with one attached hydrogen (secondary N) is 1. The summed E-state index contributed by atoms with van der Waals surface area (Å²) in [5, 5.41) is 16.7. The zero-order valence-corrected chi connectivity index (χ0v) is 30.9. The molecule has 7 aromatic rings. The first-order valence-electron chi connectivity index (χ1n) is 18.2. The lowest BCUT2D eigenvalue weighted by atomic mass is 9.98. The SMILES string of the molecule is COc1cc2c(cc1OCCn1ccnc1)CN(CCc1ccc(-n3nnc(-c4cc(C)c(C)cc4NC(=O)c4cc(=O)c5ccccc5o4)n3)cc1)CC2. The summed E-state index contributed by atoms with van der Waals surface area (Å²) in [6.07, 6.45) is 7.31. The van der Waals surface area contributed by atoms with Gasteiger partial charge in [-0.3, -0.25) is 14.5 Å². The lowest BCUT2D eigenvalue weighted by Crippen LogP contribution is -2.32. The summed E-state index contributed by atoms with van der Waals surface area (Å²) in [6.45, 7) is 7.90. The van der Waals surface area contributed by atoms with Gasteiger partial charge in [0.2, 0.25) is 5.82 Å². The van der Waals surface area contributed by atoms with Crippen LogP contribution in [0.25, 0.3) is 28.0 Å². The molecule has 3 aromatic heterocycles. The van der Waals surface area contributed by atoms with Crippen molar-refractivity contribution in [3.05, 3.63) is 141 Å². The van der Waals surface area contributed by atoms with Crippen LogP contribution in [-0.4, -0.2) is 67.4 Å². The number of hydrogen-bond acceptors (Lipinski definition) is 10. The van der Waals surface area contributed by atoms with E-state index < -0.39 is 5.91 Å². The highest BCUT2D eigenvalue weighted by atomic mass is 16.5. The third-order valence-corrected chi connectivity index (χ3v) is 10.0. The molecule has 0 unspecified atom stereocenters. The first-order valence-corrected chi connectivity index (χ1v) is 18.2. The number of imidazole rings is 1. The number of nitrogens with zero attached hydrogens (tertiary/aromatic N) is 7. The van der Waals surface area contributed by atoms with Crippen molar-refractivity contribution in [1.82, 2.24) is 34.7 Å². The molecule has 8 rings (SSSR count). The molecule has 1 aliphatic rings. The third-order valence-electron chi connectivity index (χ3n) is 10.0. The van der Waals surface area contributed by atoms with Gasteiger partial charge in [0.25, 0.3) is 5.91 Å². The monoisotopic (exact) mass is 736 g/mol. The third kappa shape index (κ3) is 7.73. The van der Waals surface area contributed by atoms with Gasteiger partial charge in [-0.1, -0.05) is 24.3 Å². The smallest absolute Gasteiger partial charge is 0.291 e. The van der Waals surface area contributed by atoms with Crippen molar-refractivity contribution in [2.45, 2.75) is 39.8 Å². The molecule has 1 N–H and O–H groups in total. The van der Waals surface area contributed by atoms with Crippen LogP contribution in [0.2, 0.25) is 0 Å². The molecule has 0 aliphatic carbocycles. The molecule has 4 aromatic carbocycles. The van der Waals surface area contributed by atoms with Gasteiger partial charge in [-0.2, -0.15) is 0 Å². The molecule has 4 heterocycles. The number of hydrogen-bond donors (Lipinski definition) is 1. The lowest BCUT2D eigenvalue weighted by Gasteiger charge is -2.29. The Bertz CT molecular complexity index is 2540. The topological polar surface area (TPSA) is 142 Å². The van der Waals surface area contributed by atoms with E-state index in [9.17, 15) is 9.59 Å². The fourth-order valence-corrected chi connectivity index (χ4v) is 6.78. The number of anilines is 1. The first-order chi connectivity index (χ1) is 26.8. The number of benzene rings is 4. The molecule has 0 radical (unpaired) electrons. The van der Waals surface area contributed by atoms with Gasteiger partial charge >= 0.3 is 0 Å². The van der Waals surface area contributed by atoms with Gasteiger partial charge in [-0.15, -0.1) is 15.0 Å². The number of para-hydroxylation sites is 1. The van der Waals surface area contributed by atoms with Crippen molar-refractivity contribution in [3.8, 4) is 28.6 Å². The molecular formula is C42H40N8O5. The van der Waals surface area contributed by atoms with E-state index in [-0.39, 0.29) is 11.2 Å². The number of rotatable bonds is 12. The van der Waals surface area contributed by atoms with Gasteiger partial charge in [0.1, 0.15) is 12.2 Å². The van der Waals surface area contributed by atoms with Crippen molar-refractivity contribution >= 4 is 22.6 Å². The maximum Gasteiger partial charge on any atom is 0.291 e. The molecule has 1 aliphatic heterocycles. The normalized spacial score (nSPS) is 12.8. The molecule has 0 bridgehead atoms. The maximum atomic E-state index is 13.3. The number of methoxy groups -OCH3 is 1. The highest BCUT2D eigenvalue weighted by Gasteiger charge is 2.21. The molecule has 0 saturated carbocycles. The second-order valence-electron chi connectivity index (χ2n) is 13.7. The Morgan fingerprint density at radius 2 is 1.76 bits per heavy atom. The second-order valence-corrected chi connectivity index (χ2v) is 13.7. The number of ether oxygens (including phenoxy) is 2. The number of carbonyl (C=O) groups excluding carboxylic acids is 1. The van der Waals surface area contributed by atoms with E-state index in [0.717, 1.165) is 60.8 Å². The molecule has 13 nitrogen and oxygen atoms in total. The van der Waals surface area contributed by atoms with E-state index in [2.05, 4.69) is 54.9 Å². The van der Waals surface area contributed by atoms with Crippen molar-refractivity contribution in [3.63, 3.8) is 0 Å². The minimum absolute atomic E-state index is 0.0904. The highest BCUT2D eigenvalue weighted by molar-refractivity contribution is 6.05. The fraction of sp³-hybridized carbons (Fsp3) is 0.238. The minimum atomic E-state index is -0.555. The summed E-state index contributed by atoms with van der Waals surface area (Å²) in [4.78, 5) is 34.0. The van der Waals surface area contributed by atoms with Crippen molar-refractivity contribution in [1.29, 1.82) is 0 Å². The molecule has 55 heavy (non-hydrogen) atoms. The Labute approximate surface area is 317 Å². The second kappa shape index (κ2) is 15.4. The van der Waals surface area contributed by atoms with E-state index in [1.165, 1.54) is 27.6 Å². The Kier molecular flexibility index (Phi) is 9.92. The van der Waals surface area contributed by atoms with Gasteiger partial charge in [-0.25, -0.2) is 4.98 Å². The highest BCUT2D eigenvalue weighted by Crippen LogP contribution is 2.34. The van der Waals surface area contributed by atoms with E-state index in [1.54, 1.807) is 43.9 Å². The van der Waals surface area contributed by atoms with Crippen LogP contribution in [0.4, 0.5) is 5.69 Å². The molecule has 0 atom stereocenters. The van der Waals surface area contributed by atoms with Crippen LogP contribution >= 0.6 is 0 Å². The van der Waals surface area contributed by atoms with Crippen LogP contribution in [0.15, 0.2) is 107 Å². The fourth-order valence-electron chi connectivity index (χ4n) is 6.78. The summed E-state index contributed by atoms with van der Waals surface area (Å²) in [5.41, 5.74) is 7.61. The lowest BCUT2D eigenvalue weighted by molar-refractivity contribution is 0.0997. The Hall–Kier alpha value is -6.60. The van der Waals surface area contributed by atoms with Crippen LogP contribution in [0, 0.1) is 13.8 Å². The molecule has 278 valence electrons. The first kappa shape index (κ1) is 35.4. The summed E-state index contributed by atoms with van der Waals surface area (Å²) >= 11 is 0. The number of amides is 1. The summed E-state index contributed by atoms with van der Waals surface area (Å²) < 4.78 is 19.5. The van der Waals surface area contributed by atoms with Crippen molar-refractivity contribution in [2.75, 3.05) is 32.1 Å². The zero-order chi connectivity index (χ0) is 37.9. The summed E-state index contributed by atoms with van der Waals surface area (Å²) in [6, 6.07) is 24.2. The van der Waals surface area contributed by atoms with Crippen molar-refractivity contribution < 1.29 is 18.7 Å². The number of carbonyl (C=O) groups is 1. The minimum Gasteiger partial charge on any atom is -0.493 e. The van der Waals surface area contributed by atoms with E-state index >= 15 is 0 Å². The molecule has 0 spiro atoms. The van der Waals surface area contributed by atoms with Crippen LogP contribution in [0.3, 0.4) is 0 Å². The number of tetrazole rings is 1. The largest absolute Gasteiger partial charge is 0.493 e. The van der Waals surface area contributed by atoms with Gasteiger partial charge < -0.3 is 23.8 Å². The van der Waals surface area contributed by atoms with E-state index in [1.807, 2.05) is 48.9 Å². The molecular weight excluding hydrogens is 697 g/mol. The standard InChI is InChI=1S/C42H40N8O5/c1-27-20-34(35(21-28(27)2)44-42(52)40-24-36(51)33-6-4-5-7-37(33)55-40)41-45-47-50(46-41)32-10-8-29(9-11-32)12-15-48-16-13-30-22-38(53-3)39(23-31(30)25-48)54-19-18-49-17-14-43-26-49/h4-11,14,17,20-24,26H,12-13,15-16,18-19,25H2,1-3H3,(H,44,52). The molecule has 13 heteroatoms. The molecule has 0 saturated heterocycles. The van der Waals surface area contributed by atoms with Crippen molar-refractivity contribution in [2.24, 2.45) is 0 Å². The zero-order valence-electron chi connectivity index (χ0n) is 30.9. The molecule has 0 fully saturated rings. The molecule has 1 amide bonds. The Balaban J connectivity index is 0.919. The van der Waals surface area contributed by atoms with Crippen LogP contribution in [0.5, 0.6) is 11.5 Å². The van der Waals surface area contributed by atoms with Gasteiger partial charge in [0.15, 0.2) is 22.7 Å². The van der Waals surface area contributed by atoms with Crippen LogP contribution < -0.4 is 20.2 Å². The average Bonchev–Trinajstić information content (AvgIpc) is 3.92. The van der Waals surface area contributed by atoms with Crippen LogP contribution in [-0.2, 0) is 25.9 Å². The maximum absolute atomic E-state index is 13.3. The average molecular weight is 737 g/mol. The van der Waals surface area contributed by atoms with Gasteiger partial charge in [0, 0.05) is 43.7 Å². The van der Waals surface area contributed by atoms with Crippen LogP contribution in [0.1, 0.15) is 38.4 Å². The summed E-state index contributed by atoms with van der Waals surface area (Å²) in [5.74, 6) is 1.23. The predicted molar refractivity (Wildman–Crippen MR) is 208 cm³/mol. The van der Waals surface area contributed by atoms with Gasteiger partial charge in [-0.05, 0) is 108 Å². The summed E-state index contributed by atoms with van der Waals surface area (Å²) in [7, 11) is 1.68. The predicted octanol–water partition coefficient (Wildman–Crippen LogP) is 6.19. The Morgan fingerprint density at radius 3 is 2.58 bits per heavy atom. The number of fused-ring (bicyclic) bond motifs is 2. The number of aryl methyl sites for hydroxylation is 2. The quantitative estimate of drug-likeness (QED) is 0.154. The van der Waals surface area contributed by atoms with Gasteiger partial charge in [0.05, 0.1) is 36.7 Å². The van der Waals surface area contributed by atoms with E-state index in [4.69, 9.17) is 13.9 Å².